The standard InChI is InChI=1S/C48H78O16/c1-21(2)24-12-17-48(43(57)58)19-18-46(8)25(30(24)48)10-11-28-45(7)15-14-29(44(5,6)27(45)13-16-47(28,46)9)62-42-39(64-41-36(55)34(53)32(51)23(4)60-41)37(56)38(26(20-49)61-42)63-40-35(54)33(52)31(50)22(3)59-40/h22-42,49-56H,1,10-20H2,2-9H3,(H,57,58)/t22-,23-,24-,25+,26+,27-,28+,29-,30+,31-,32-,33+,34+,35+,36+,37-,38+,39+,40-,41-,42-,45-,46+,47+,48-/m0/s1. The molecule has 16 heteroatoms. The molecule has 0 aromatic rings. The van der Waals surface area contributed by atoms with Crippen LogP contribution in [0.1, 0.15) is 120 Å². The molecule has 8 aliphatic rings. The third kappa shape index (κ3) is 7.32. The van der Waals surface area contributed by atoms with Gasteiger partial charge < -0.3 is 74.4 Å². The van der Waals surface area contributed by atoms with E-state index < -0.39 is 122 Å². The van der Waals surface area contributed by atoms with E-state index in [1.165, 1.54) is 13.8 Å². The van der Waals surface area contributed by atoms with Gasteiger partial charge in [0, 0.05) is 0 Å². The highest BCUT2D eigenvalue weighted by Gasteiger charge is 2.72. The van der Waals surface area contributed by atoms with Crippen LogP contribution in [0.3, 0.4) is 0 Å². The largest absolute Gasteiger partial charge is 0.481 e. The zero-order valence-electron chi connectivity index (χ0n) is 39.0. The summed E-state index contributed by atoms with van der Waals surface area (Å²) in [6, 6.07) is 0. The number of hydrogen-bond donors (Lipinski definition) is 9. The third-order valence-electron chi connectivity index (χ3n) is 19.7. The number of carboxylic acid groups (broad SMARTS) is 1. The van der Waals surface area contributed by atoms with Crippen LogP contribution in [0.2, 0.25) is 0 Å². The minimum Gasteiger partial charge on any atom is -0.481 e. The zero-order valence-corrected chi connectivity index (χ0v) is 39.0. The number of aliphatic carboxylic acids is 1. The summed E-state index contributed by atoms with van der Waals surface area (Å²) in [5.74, 6) is 0.547. The van der Waals surface area contributed by atoms with Crippen LogP contribution in [0.4, 0.5) is 0 Å². The summed E-state index contributed by atoms with van der Waals surface area (Å²) < 4.78 is 37.2. The molecule has 5 aliphatic carbocycles. The molecule has 0 aromatic heterocycles. The van der Waals surface area contributed by atoms with E-state index in [0.717, 1.165) is 56.9 Å². The zero-order chi connectivity index (χ0) is 46.8. The van der Waals surface area contributed by atoms with E-state index >= 15 is 0 Å². The maximum atomic E-state index is 13.2. The van der Waals surface area contributed by atoms with Gasteiger partial charge in [0.05, 0.1) is 30.3 Å². The molecular formula is C48H78O16. The summed E-state index contributed by atoms with van der Waals surface area (Å²) in [4.78, 5) is 13.2. The Morgan fingerprint density at radius 3 is 1.78 bits per heavy atom. The Hall–Kier alpha value is -1.35. The fourth-order valence-corrected chi connectivity index (χ4v) is 15.9. The van der Waals surface area contributed by atoms with Crippen molar-refractivity contribution in [1.82, 2.24) is 0 Å². The molecule has 3 heterocycles. The molecule has 0 radical (unpaired) electrons. The van der Waals surface area contributed by atoms with E-state index in [9.17, 15) is 50.8 Å². The number of aliphatic hydroxyl groups is 8. The Balaban J connectivity index is 1.05. The smallest absolute Gasteiger partial charge is 0.309 e. The minimum atomic E-state index is -1.74. The number of carbonyl (C=O) groups is 1. The van der Waals surface area contributed by atoms with Gasteiger partial charge >= 0.3 is 5.97 Å². The van der Waals surface area contributed by atoms with Crippen molar-refractivity contribution in [2.24, 2.45) is 56.7 Å². The number of aliphatic hydroxyl groups excluding tert-OH is 8. The van der Waals surface area contributed by atoms with Gasteiger partial charge in [-0.05, 0) is 136 Å². The summed E-state index contributed by atoms with van der Waals surface area (Å²) in [6.07, 6.45) is -13.7. The highest BCUT2D eigenvalue weighted by Crippen LogP contribution is 2.77. The van der Waals surface area contributed by atoms with Gasteiger partial charge in [0.2, 0.25) is 0 Å². The topological polar surface area (TPSA) is 255 Å². The fourth-order valence-electron chi connectivity index (χ4n) is 15.9. The van der Waals surface area contributed by atoms with E-state index in [0.29, 0.717) is 24.7 Å². The van der Waals surface area contributed by atoms with Crippen LogP contribution in [0.15, 0.2) is 12.2 Å². The van der Waals surface area contributed by atoms with Crippen LogP contribution in [-0.4, -0.2) is 157 Å². The summed E-state index contributed by atoms with van der Waals surface area (Å²) >= 11 is 0. The van der Waals surface area contributed by atoms with Gasteiger partial charge in [-0.3, -0.25) is 4.79 Å². The molecule has 25 atom stereocenters. The molecule has 0 amide bonds. The Kier molecular flexibility index (Phi) is 13.2. The Labute approximate surface area is 377 Å². The predicted octanol–water partition coefficient (Wildman–Crippen LogP) is 2.62. The number of allylic oxidation sites excluding steroid dienone is 1. The van der Waals surface area contributed by atoms with Crippen molar-refractivity contribution in [2.75, 3.05) is 6.61 Å². The first-order valence-corrected chi connectivity index (χ1v) is 24.1. The molecule has 0 spiro atoms. The lowest BCUT2D eigenvalue weighted by molar-refractivity contribution is -0.393. The second kappa shape index (κ2) is 17.3. The van der Waals surface area contributed by atoms with Crippen LogP contribution >= 0.6 is 0 Å². The molecule has 16 nitrogen and oxygen atoms in total. The maximum absolute atomic E-state index is 13.2. The molecule has 8 rings (SSSR count). The van der Waals surface area contributed by atoms with Crippen LogP contribution in [0, 0.1) is 56.7 Å². The second-order valence-corrected chi connectivity index (χ2v) is 22.9. The third-order valence-corrected chi connectivity index (χ3v) is 19.7. The predicted molar refractivity (Wildman–Crippen MR) is 228 cm³/mol. The number of fused-ring (bicyclic) bond motifs is 7. The maximum Gasteiger partial charge on any atom is 0.309 e. The van der Waals surface area contributed by atoms with E-state index in [4.69, 9.17) is 28.4 Å². The SMILES string of the molecule is C=C(C)[C@@H]1CC[C@]2(C(=O)O)CC[C@]3(C)[C@H](CC[C@@H]4[C@@]5(C)CC[C@H](O[C@@H]6O[C@H](CO)[C@@H](O[C@@H]7O[C@@H](C)[C@H](O)[C@@H](O)[C@H]7O)[C@H](O)[C@H]6O[C@@H]6O[C@@H](C)[C@H](O)[C@@H](O)[C@H]6O)C(C)(C)[C@@H]5CC[C@]43C)[C@@H]12. The average Bonchev–Trinajstić information content (AvgIpc) is 3.65. The van der Waals surface area contributed by atoms with Gasteiger partial charge in [-0.15, -0.1) is 0 Å². The van der Waals surface area contributed by atoms with Crippen molar-refractivity contribution in [2.45, 2.75) is 218 Å². The lowest BCUT2D eigenvalue weighted by Gasteiger charge is -2.73. The lowest BCUT2D eigenvalue weighted by atomic mass is 9.32. The van der Waals surface area contributed by atoms with Crippen molar-refractivity contribution in [3.8, 4) is 0 Å². The number of rotatable bonds is 9. The average molecular weight is 911 g/mol. The van der Waals surface area contributed by atoms with Crippen LogP contribution in [-0.2, 0) is 33.2 Å². The van der Waals surface area contributed by atoms with Crippen LogP contribution in [0.5, 0.6) is 0 Å². The van der Waals surface area contributed by atoms with Gasteiger partial charge in [0.1, 0.15) is 61.0 Å². The Morgan fingerprint density at radius 1 is 0.625 bits per heavy atom. The first kappa shape index (κ1) is 49.1. The Morgan fingerprint density at radius 2 is 1.22 bits per heavy atom. The van der Waals surface area contributed by atoms with E-state index in [1.807, 2.05) is 0 Å². The van der Waals surface area contributed by atoms with Crippen LogP contribution in [0.25, 0.3) is 0 Å². The molecule has 0 unspecified atom stereocenters. The summed E-state index contributed by atoms with van der Waals surface area (Å²) in [5, 5.41) is 97.4. The summed E-state index contributed by atoms with van der Waals surface area (Å²) in [5.41, 5.74) is -0.168. The normalized spacial score (nSPS) is 56.0. The quantitative estimate of drug-likeness (QED) is 0.119. The lowest BCUT2D eigenvalue weighted by Crippen LogP contribution is -2.68. The van der Waals surface area contributed by atoms with Crippen molar-refractivity contribution < 1.29 is 79.2 Å². The fraction of sp³-hybridized carbons (Fsp3) is 0.938. The first-order valence-electron chi connectivity index (χ1n) is 24.1. The molecule has 9 N–H and O–H groups in total. The summed E-state index contributed by atoms with van der Waals surface area (Å²) in [7, 11) is 0. The first-order chi connectivity index (χ1) is 29.9. The molecule has 0 bridgehead atoms. The van der Waals surface area contributed by atoms with Gasteiger partial charge in [-0.25, -0.2) is 0 Å². The molecule has 64 heavy (non-hydrogen) atoms. The van der Waals surface area contributed by atoms with Crippen molar-refractivity contribution in [1.29, 1.82) is 0 Å². The second-order valence-electron chi connectivity index (χ2n) is 22.9. The summed E-state index contributed by atoms with van der Waals surface area (Å²) in [6.45, 7) is 20.7. The van der Waals surface area contributed by atoms with Gasteiger partial charge in [-0.2, -0.15) is 0 Å². The van der Waals surface area contributed by atoms with Crippen LogP contribution < -0.4 is 0 Å². The highest BCUT2D eigenvalue weighted by atomic mass is 16.8. The van der Waals surface area contributed by atoms with E-state index in [-0.39, 0.29) is 34.0 Å². The molecule has 0 aromatic carbocycles. The number of carboxylic acids is 1. The number of ether oxygens (including phenoxy) is 6. The molecule has 5 saturated carbocycles. The monoisotopic (exact) mass is 911 g/mol. The molecular weight excluding hydrogens is 833 g/mol. The number of hydrogen-bond acceptors (Lipinski definition) is 15. The molecule has 8 fully saturated rings. The van der Waals surface area contributed by atoms with E-state index in [1.54, 1.807) is 0 Å². The van der Waals surface area contributed by atoms with Gasteiger partial charge in [-0.1, -0.05) is 46.8 Å². The van der Waals surface area contributed by atoms with E-state index in [2.05, 4.69) is 48.1 Å². The Bertz CT molecular complexity index is 1730. The minimum absolute atomic E-state index is 0.0195. The van der Waals surface area contributed by atoms with Crippen molar-refractivity contribution in [3.05, 3.63) is 12.2 Å². The van der Waals surface area contributed by atoms with Crippen molar-refractivity contribution >= 4 is 5.97 Å². The van der Waals surface area contributed by atoms with Gasteiger partial charge in [0.15, 0.2) is 18.9 Å². The molecule has 366 valence electrons. The van der Waals surface area contributed by atoms with Crippen molar-refractivity contribution in [3.63, 3.8) is 0 Å². The highest BCUT2D eigenvalue weighted by molar-refractivity contribution is 5.76. The molecule has 3 aliphatic heterocycles. The van der Waals surface area contributed by atoms with Gasteiger partial charge in [0.25, 0.3) is 0 Å². The molecule has 3 saturated heterocycles.